The first-order chi connectivity index (χ1) is 24.4. The van der Waals surface area contributed by atoms with Crippen LogP contribution in [0.15, 0.2) is 24.3 Å². The van der Waals surface area contributed by atoms with Crippen LogP contribution in [0.5, 0.6) is 0 Å². The number of aromatic nitrogens is 4. The highest BCUT2D eigenvalue weighted by molar-refractivity contribution is 6.01. The van der Waals surface area contributed by atoms with Gasteiger partial charge in [0.25, 0.3) is 11.8 Å². The number of amides is 3. The molecule has 0 spiro atoms. The standard InChI is InChI=1S/C32H46N6O12/c1-25-34-36-32(37-35-25)27-4-2-26(3-5-27)24-33-28(39)8-10-43-12-14-45-16-18-47-20-22-49-23-21-48-19-17-46-15-13-44-11-9-31(42)50-38-29(40)6-7-30(38)41/h2-5H,6-24H2,1H3,(H,33,39). The van der Waals surface area contributed by atoms with Gasteiger partial charge in [0, 0.05) is 31.4 Å². The SMILES string of the molecule is Cc1nnc(-c2ccc(CNC(=O)CCOCCOCCOCCOCCOCCOCCOCCC(=O)ON3C(=O)CCC3=O)cc2)nn1. The molecule has 18 nitrogen and oxygen atoms in total. The summed E-state index contributed by atoms with van der Waals surface area (Å²) in [5, 5.41) is 19.2. The molecule has 0 aliphatic carbocycles. The third-order valence-corrected chi connectivity index (χ3v) is 6.64. The molecule has 1 saturated heterocycles. The smallest absolute Gasteiger partial charge is 0.335 e. The van der Waals surface area contributed by atoms with Crippen LogP contribution in [0.4, 0.5) is 0 Å². The Hall–Kier alpha value is -4.04. The van der Waals surface area contributed by atoms with Crippen molar-refractivity contribution >= 4 is 23.7 Å². The molecule has 1 aromatic carbocycles. The minimum Gasteiger partial charge on any atom is -0.379 e. The second-order valence-electron chi connectivity index (χ2n) is 10.6. The number of benzene rings is 1. The Balaban J connectivity index is 0.983. The van der Waals surface area contributed by atoms with Crippen LogP contribution >= 0.6 is 0 Å². The van der Waals surface area contributed by atoms with E-state index in [2.05, 4.69) is 25.7 Å². The largest absolute Gasteiger partial charge is 0.379 e. The minimum absolute atomic E-state index is 0.0540. The second kappa shape index (κ2) is 25.0. The summed E-state index contributed by atoms with van der Waals surface area (Å²) in [4.78, 5) is 51.3. The molecule has 0 saturated carbocycles. The molecule has 1 aliphatic heterocycles. The lowest BCUT2D eigenvalue weighted by molar-refractivity contribution is -0.198. The molecule has 276 valence electrons. The predicted molar refractivity (Wildman–Crippen MR) is 172 cm³/mol. The summed E-state index contributed by atoms with van der Waals surface area (Å²) < 4.78 is 37.9. The zero-order valence-electron chi connectivity index (χ0n) is 28.4. The summed E-state index contributed by atoms with van der Waals surface area (Å²) in [7, 11) is 0. The molecule has 2 aromatic rings. The normalized spacial score (nSPS) is 12.9. The van der Waals surface area contributed by atoms with Gasteiger partial charge in [-0.2, -0.15) is 0 Å². The van der Waals surface area contributed by atoms with Gasteiger partial charge in [0.2, 0.25) is 11.7 Å². The zero-order valence-corrected chi connectivity index (χ0v) is 28.4. The number of hydrogen-bond acceptors (Lipinski definition) is 16. The number of carbonyl (C=O) groups excluding carboxylic acids is 4. The van der Waals surface area contributed by atoms with Crippen molar-refractivity contribution < 1.29 is 57.2 Å². The Morgan fingerprint density at radius 3 is 1.50 bits per heavy atom. The lowest BCUT2D eigenvalue weighted by Gasteiger charge is -2.12. The molecule has 50 heavy (non-hydrogen) atoms. The lowest BCUT2D eigenvalue weighted by Crippen LogP contribution is -2.32. The van der Waals surface area contributed by atoms with Crippen molar-refractivity contribution in [1.29, 1.82) is 0 Å². The van der Waals surface area contributed by atoms with Crippen molar-refractivity contribution in [2.24, 2.45) is 0 Å². The molecule has 0 radical (unpaired) electrons. The predicted octanol–water partition coefficient (Wildman–Crippen LogP) is 0.362. The maximum Gasteiger partial charge on any atom is 0.335 e. The van der Waals surface area contributed by atoms with Gasteiger partial charge in [-0.05, 0) is 12.5 Å². The van der Waals surface area contributed by atoms with E-state index in [1.54, 1.807) is 6.92 Å². The maximum absolute atomic E-state index is 12.1. The van der Waals surface area contributed by atoms with Crippen molar-refractivity contribution in [3.8, 4) is 11.4 Å². The van der Waals surface area contributed by atoms with E-state index in [-0.39, 0.29) is 44.8 Å². The minimum atomic E-state index is -0.705. The van der Waals surface area contributed by atoms with Crippen LogP contribution < -0.4 is 5.32 Å². The molecule has 0 unspecified atom stereocenters. The molecule has 3 rings (SSSR count). The van der Waals surface area contributed by atoms with E-state index in [0.29, 0.717) is 103 Å². The van der Waals surface area contributed by atoms with Crippen LogP contribution in [0.25, 0.3) is 11.4 Å². The molecular formula is C32H46N6O12. The summed E-state index contributed by atoms with van der Waals surface area (Å²) in [6, 6.07) is 7.51. The zero-order chi connectivity index (χ0) is 35.7. The number of nitrogens with zero attached hydrogens (tertiary/aromatic N) is 5. The number of hydrogen-bond donors (Lipinski definition) is 1. The van der Waals surface area contributed by atoms with Gasteiger partial charge < -0.3 is 43.3 Å². The van der Waals surface area contributed by atoms with Gasteiger partial charge in [0.05, 0.1) is 98.9 Å². The highest BCUT2D eigenvalue weighted by atomic mass is 16.7. The van der Waals surface area contributed by atoms with Crippen LogP contribution in [0, 0.1) is 6.92 Å². The topological polar surface area (TPSA) is 209 Å². The molecule has 1 N–H and O–H groups in total. The van der Waals surface area contributed by atoms with E-state index in [0.717, 1.165) is 11.1 Å². The summed E-state index contributed by atoms with van der Waals surface area (Å²) in [5.74, 6) is -0.880. The fourth-order valence-electron chi connectivity index (χ4n) is 4.00. The number of imide groups is 1. The molecule has 0 bridgehead atoms. The average molecular weight is 707 g/mol. The van der Waals surface area contributed by atoms with Crippen molar-refractivity contribution in [2.75, 3.05) is 92.5 Å². The van der Waals surface area contributed by atoms with Gasteiger partial charge >= 0.3 is 5.97 Å². The monoisotopic (exact) mass is 706 g/mol. The number of ether oxygens (including phenoxy) is 7. The van der Waals surface area contributed by atoms with Crippen LogP contribution in [0.1, 0.15) is 37.1 Å². The quantitative estimate of drug-likeness (QED) is 0.0936. The molecule has 1 fully saturated rings. The van der Waals surface area contributed by atoms with Gasteiger partial charge in [0.1, 0.15) is 0 Å². The first kappa shape index (κ1) is 40.4. The number of aryl methyl sites for hydroxylation is 1. The molecular weight excluding hydrogens is 660 g/mol. The maximum atomic E-state index is 12.1. The fourth-order valence-corrected chi connectivity index (χ4v) is 4.00. The Labute approximate surface area is 290 Å². The lowest BCUT2D eigenvalue weighted by atomic mass is 10.1. The van der Waals surface area contributed by atoms with E-state index in [1.165, 1.54) is 0 Å². The van der Waals surface area contributed by atoms with Gasteiger partial charge in [0.15, 0.2) is 5.82 Å². The fraction of sp³-hybridized carbons (Fsp3) is 0.625. The Bertz CT molecular complexity index is 1270. The number of carbonyl (C=O) groups is 4. The van der Waals surface area contributed by atoms with Crippen LogP contribution in [-0.4, -0.2) is 142 Å². The first-order valence-electron chi connectivity index (χ1n) is 16.4. The molecule has 18 heteroatoms. The van der Waals surface area contributed by atoms with Gasteiger partial charge in [-0.3, -0.25) is 14.4 Å². The number of rotatable bonds is 28. The van der Waals surface area contributed by atoms with E-state index >= 15 is 0 Å². The second-order valence-corrected chi connectivity index (χ2v) is 10.6. The highest BCUT2D eigenvalue weighted by Gasteiger charge is 2.32. The van der Waals surface area contributed by atoms with Gasteiger partial charge in [-0.15, -0.1) is 25.5 Å². The Morgan fingerprint density at radius 2 is 1.04 bits per heavy atom. The number of hydroxylamine groups is 2. The van der Waals surface area contributed by atoms with E-state index < -0.39 is 17.8 Å². The van der Waals surface area contributed by atoms with Crippen molar-refractivity contribution in [3.05, 3.63) is 35.7 Å². The molecule has 2 heterocycles. The highest BCUT2D eigenvalue weighted by Crippen LogP contribution is 2.14. The van der Waals surface area contributed by atoms with Crippen molar-refractivity contribution in [1.82, 2.24) is 30.8 Å². The summed E-state index contributed by atoms with van der Waals surface area (Å²) in [6.45, 7) is 7.27. The van der Waals surface area contributed by atoms with Crippen LogP contribution in [0.2, 0.25) is 0 Å². The van der Waals surface area contributed by atoms with Crippen molar-refractivity contribution in [2.45, 2.75) is 39.2 Å². The molecule has 1 aliphatic rings. The van der Waals surface area contributed by atoms with Gasteiger partial charge in [-0.25, -0.2) is 4.79 Å². The summed E-state index contributed by atoms with van der Waals surface area (Å²) >= 11 is 0. The average Bonchev–Trinajstić information content (AvgIpc) is 3.43. The van der Waals surface area contributed by atoms with E-state index in [4.69, 9.17) is 38.0 Å². The Kier molecular flexibility index (Phi) is 20.2. The first-order valence-corrected chi connectivity index (χ1v) is 16.4. The molecule has 3 amide bonds. The third-order valence-electron chi connectivity index (χ3n) is 6.64. The summed E-state index contributed by atoms with van der Waals surface area (Å²) in [5.41, 5.74) is 1.75. The summed E-state index contributed by atoms with van der Waals surface area (Å²) in [6.07, 6.45) is 0.281. The van der Waals surface area contributed by atoms with Crippen molar-refractivity contribution in [3.63, 3.8) is 0 Å². The molecule has 1 aromatic heterocycles. The van der Waals surface area contributed by atoms with E-state index in [1.807, 2.05) is 24.3 Å². The van der Waals surface area contributed by atoms with Crippen LogP contribution in [0.3, 0.4) is 0 Å². The van der Waals surface area contributed by atoms with Gasteiger partial charge in [-0.1, -0.05) is 24.3 Å². The Morgan fingerprint density at radius 1 is 0.620 bits per heavy atom. The number of nitrogens with one attached hydrogen (secondary N) is 1. The van der Waals surface area contributed by atoms with E-state index in [9.17, 15) is 19.2 Å². The van der Waals surface area contributed by atoms with Crippen LogP contribution in [-0.2, 0) is 63.7 Å². The molecule has 0 atom stereocenters. The third kappa shape index (κ3) is 17.6.